The summed E-state index contributed by atoms with van der Waals surface area (Å²) in [5.74, 6) is 1.53. The van der Waals surface area contributed by atoms with E-state index >= 15 is 0 Å². The van der Waals surface area contributed by atoms with E-state index in [9.17, 15) is 4.79 Å². The Labute approximate surface area is 198 Å². The fourth-order valence-corrected chi connectivity index (χ4v) is 4.56. The van der Waals surface area contributed by atoms with Crippen molar-refractivity contribution in [1.29, 1.82) is 0 Å². The van der Waals surface area contributed by atoms with Crippen LogP contribution in [-0.4, -0.2) is 75.8 Å². The van der Waals surface area contributed by atoms with Gasteiger partial charge in [-0.3, -0.25) is 4.79 Å². The molecule has 2 aromatic heterocycles. The normalized spacial score (nSPS) is 18.6. The number of imidazole rings is 1. The van der Waals surface area contributed by atoms with E-state index < -0.39 is 0 Å². The van der Waals surface area contributed by atoms with Gasteiger partial charge in [0.15, 0.2) is 17.0 Å². The smallest absolute Gasteiger partial charge is 0.231 e. The third-order valence-electron chi connectivity index (χ3n) is 6.66. The van der Waals surface area contributed by atoms with Crippen molar-refractivity contribution in [2.45, 2.75) is 38.3 Å². The lowest BCUT2D eigenvalue weighted by molar-refractivity contribution is -0.127. The number of aromatic nitrogens is 4. The van der Waals surface area contributed by atoms with E-state index in [1.807, 2.05) is 9.47 Å². The van der Waals surface area contributed by atoms with Crippen LogP contribution in [0.1, 0.15) is 25.7 Å². The maximum atomic E-state index is 12.0. The lowest BCUT2D eigenvalue weighted by Gasteiger charge is -2.28. The molecule has 10 nitrogen and oxygen atoms in total. The number of carbonyl (C=O) groups is 1. The van der Waals surface area contributed by atoms with Crippen molar-refractivity contribution in [3.05, 3.63) is 30.6 Å². The number of morpholine rings is 1. The average molecular weight is 463 g/mol. The van der Waals surface area contributed by atoms with Gasteiger partial charge in [-0.05, 0) is 43.5 Å². The number of hydrogen-bond acceptors (Lipinski definition) is 8. The lowest BCUT2D eigenvalue weighted by atomic mass is 10.2. The van der Waals surface area contributed by atoms with Gasteiger partial charge in [0.05, 0.1) is 19.5 Å². The van der Waals surface area contributed by atoms with Crippen molar-refractivity contribution in [2.75, 3.05) is 54.9 Å². The average Bonchev–Trinajstić information content (AvgIpc) is 3.44. The third-order valence-corrected chi connectivity index (χ3v) is 6.66. The van der Waals surface area contributed by atoms with Crippen LogP contribution in [0.5, 0.6) is 0 Å². The quantitative estimate of drug-likeness (QED) is 0.527. The first-order chi connectivity index (χ1) is 16.7. The van der Waals surface area contributed by atoms with Gasteiger partial charge in [0.25, 0.3) is 0 Å². The Morgan fingerprint density at radius 3 is 2.59 bits per heavy atom. The molecule has 3 aromatic rings. The highest BCUT2D eigenvalue weighted by atomic mass is 16.5. The van der Waals surface area contributed by atoms with E-state index in [1.54, 1.807) is 6.33 Å². The Kier molecular flexibility index (Phi) is 5.66. The minimum absolute atomic E-state index is 0.234. The van der Waals surface area contributed by atoms with Crippen molar-refractivity contribution in [2.24, 2.45) is 0 Å². The SMILES string of the molecule is O=C1CCCN1CCn1cnc2c(NC3CC3)nc(Nc3ccc(N4CCOCC4)cc3)nc21. The number of rotatable bonds is 8. The zero-order valence-corrected chi connectivity index (χ0v) is 19.2. The van der Waals surface area contributed by atoms with Crippen LogP contribution in [-0.2, 0) is 16.1 Å². The summed E-state index contributed by atoms with van der Waals surface area (Å²) in [5, 5.41) is 6.88. The molecule has 178 valence electrons. The molecular weight excluding hydrogens is 432 g/mol. The number of benzene rings is 1. The van der Waals surface area contributed by atoms with Gasteiger partial charge in [-0.2, -0.15) is 9.97 Å². The molecule has 10 heteroatoms. The number of fused-ring (bicyclic) bond motifs is 1. The zero-order valence-electron chi connectivity index (χ0n) is 19.2. The first-order valence-electron chi connectivity index (χ1n) is 12.2. The van der Waals surface area contributed by atoms with E-state index in [0.717, 1.165) is 74.8 Å². The van der Waals surface area contributed by atoms with Gasteiger partial charge in [-0.1, -0.05) is 0 Å². The number of carbonyl (C=O) groups excluding carboxylic acids is 1. The summed E-state index contributed by atoms with van der Waals surface area (Å²) in [6.45, 7) is 5.53. The van der Waals surface area contributed by atoms with Crippen LogP contribution in [0.3, 0.4) is 0 Å². The van der Waals surface area contributed by atoms with E-state index in [0.29, 0.717) is 31.5 Å². The van der Waals surface area contributed by atoms with Gasteiger partial charge in [0.2, 0.25) is 11.9 Å². The number of amides is 1. The molecule has 4 heterocycles. The number of nitrogens with one attached hydrogen (secondary N) is 2. The molecule has 0 radical (unpaired) electrons. The van der Waals surface area contributed by atoms with E-state index in [1.165, 1.54) is 5.69 Å². The maximum absolute atomic E-state index is 12.0. The highest BCUT2D eigenvalue weighted by Gasteiger charge is 2.25. The molecule has 1 amide bonds. The van der Waals surface area contributed by atoms with Gasteiger partial charge in [0, 0.05) is 56.6 Å². The molecule has 3 fully saturated rings. The molecule has 2 aliphatic heterocycles. The Bertz CT molecular complexity index is 1170. The summed E-state index contributed by atoms with van der Waals surface area (Å²) in [4.78, 5) is 30.4. The van der Waals surface area contributed by atoms with Crippen LogP contribution in [0.2, 0.25) is 0 Å². The summed E-state index contributed by atoms with van der Waals surface area (Å²) in [6.07, 6.45) is 5.70. The molecule has 2 saturated heterocycles. The molecule has 1 aromatic carbocycles. The number of hydrogen-bond donors (Lipinski definition) is 2. The molecule has 6 rings (SSSR count). The van der Waals surface area contributed by atoms with Crippen LogP contribution >= 0.6 is 0 Å². The first-order valence-corrected chi connectivity index (χ1v) is 12.2. The van der Waals surface area contributed by atoms with E-state index in [-0.39, 0.29) is 5.91 Å². The summed E-state index contributed by atoms with van der Waals surface area (Å²) in [5.41, 5.74) is 3.67. The highest BCUT2D eigenvalue weighted by Crippen LogP contribution is 2.29. The van der Waals surface area contributed by atoms with Gasteiger partial charge in [-0.25, -0.2) is 4.98 Å². The number of anilines is 4. The second-order valence-electron chi connectivity index (χ2n) is 9.18. The molecule has 0 atom stereocenters. The molecule has 34 heavy (non-hydrogen) atoms. The molecule has 2 N–H and O–H groups in total. The van der Waals surface area contributed by atoms with Crippen LogP contribution < -0.4 is 15.5 Å². The van der Waals surface area contributed by atoms with Gasteiger partial charge in [0.1, 0.15) is 0 Å². The Morgan fingerprint density at radius 1 is 1.03 bits per heavy atom. The maximum Gasteiger partial charge on any atom is 0.231 e. The number of nitrogens with zero attached hydrogens (tertiary/aromatic N) is 6. The number of likely N-dealkylation sites (tertiary alicyclic amines) is 1. The molecule has 0 bridgehead atoms. The Balaban J connectivity index is 1.23. The summed E-state index contributed by atoms with van der Waals surface area (Å²) < 4.78 is 7.47. The molecule has 3 aliphatic rings. The molecule has 1 saturated carbocycles. The molecule has 1 aliphatic carbocycles. The molecule has 0 spiro atoms. The van der Waals surface area contributed by atoms with Gasteiger partial charge < -0.3 is 29.7 Å². The summed E-state index contributed by atoms with van der Waals surface area (Å²) >= 11 is 0. The second-order valence-corrected chi connectivity index (χ2v) is 9.18. The van der Waals surface area contributed by atoms with Crippen LogP contribution in [0.4, 0.5) is 23.1 Å². The van der Waals surface area contributed by atoms with E-state index in [4.69, 9.17) is 14.7 Å². The van der Waals surface area contributed by atoms with Crippen molar-refractivity contribution < 1.29 is 9.53 Å². The zero-order chi connectivity index (χ0) is 22.9. The second kappa shape index (κ2) is 9.09. The number of ether oxygens (including phenoxy) is 1. The Hall–Kier alpha value is -3.40. The molecular formula is C24H30N8O2. The lowest BCUT2D eigenvalue weighted by Crippen LogP contribution is -2.36. The summed E-state index contributed by atoms with van der Waals surface area (Å²) in [6, 6.07) is 8.80. The van der Waals surface area contributed by atoms with Crippen LogP contribution in [0, 0.1) is 0 Å². The summed E-state index contributed by atoms with van der Waals surface area (Å²) in [7, 11) is 0. The fourth-order valence-electron chi connectivity index (χ4n) is 4.56. The largest absolute Gasteiger partial charge is 0.378 e. The van der Waals surface area contributed by atoms with Crippen molar-refractivity contribution in [1.82, 2.24) is 24.4 Å². The van der Waals surface area contributed by atoms with Crippen molar-refractivity contribution in [3.63, 3.8) is 0 Å². The van der Waals surface area contributed by atoms with Crippen molar-refractivity contribution >= 4 is 40.2 Å². The third kappa shape index (κ3) is 4.50. The van der Waals surface area contributed by atoms with Crippen LogP contribution in [0.25, 0.3) is 11.2 Å². The minimum atomic E-state index is 0.234. The molecule has 0 unspecified atom stereocenters. The van der Waals surface area contributed by atoms with Crippen molar-refractivity contribution in [3.8, 4) is 0 Å². The Morgan fingerprint density at radius 2 is 1.85 bits per heavy atom. The monoisotopic (exact) mass is 462 g/mol. The van der Waals surface area contributed by atoms with Gasteiger partial charge in [-0.15, -0.1) is 0 Å². The topological polar surface area (TPSA) is 100 Å². The van der Waals surface area contributed by atoms with E-state index in [2.05, 4.69) is 44.8 Å². The predicted octanol–water partition coefficient (Wildman–Crippen LogP) is 2.60. The fraction of sp³-hybridized carbons (Fsp3) is 0.500. The first kappa shape index (κ1) is 21.2. The van der Waals surface area contributed by atoms with Crippen LogP contribution in [0.15, 0.2) is 30.6 Å². The van der Waals surface area contributed by atoms with Gasteiger partial charge >= 0.3 is 0 Å². The predicted molar refractivity (Wildman–Crippen MR) is 131 cm³/mol. The highest BCUT2D eigenvalue weighted by molar-refractivity contribution is 5.85. The standard InChI is InChI=1S/C24H30N8O2/c33-20-2-1-9-31(20)10-11-32-16-25-21-22(26-17-3-4-17)28-24(29-23(21)32)27-18-5-7-19(8-6-18)30-12-14-34-15-13-30/h5-8,16-17H,1-4,9-15H2,(H2,26,27,28,29). The minimum Gasteiger partial charge on any atom is -0.378 e.